The van der Waals surface area contributed by atoms with E-state index in [1.54, 1.807) is 24.3 Å². The fourth-order valence-electron chi connectivity index (χ4n) is 3.40. The first kappa shape index (κ1) is 17.8. The Morgan fingerprint density at radius 2 is 1.62 bits per heavy atom. The second-order valence-corrected chi connectivity index (χ2v) is 6.54. The van der Waals surface area contributed by atoms with Crippen LogP contribution in [0.15, 0.2) is 36.4 Å². The minimum absolute atomic E-state index is 0.0364. The van der Waals surface area contributed by atoms with Crippen LogP contribution >= 0.6 is 0 Å². The maximum absolute atomic E-state index is 12.4. The number of benzene rings is 1. The molecule has 0 bridgehead atoms. The molecule has 2 atom stereocenters. The van der Waals surface area contributed by atoms with Crippen molar-refractivity contribution in [1.29, 1.82) is 0 Å². The summed E-state index contributed by atoms with van der Waals surface area (Å²) in [4.78, 5) is 49.2. The molecule has 136 valence electrons. The van der Waals surface area contributed by atoms with Crippen LogP contribution in [0.25, 0.3) is 0 Å². The molecule has 2 N–H and O–H groups in total. The highest BCUT2D eigenvalue weighted by molar-refractivity contribution is 6.06. The first-order valence-corrected chi connectivity index (χ1v) is 8.63. The monoisotopic (exact) mass is 355 g/mol. The molecule has 0 aromatic heterocycles. The standard InChI is InChI=1S/C19H21N3O4/c1-12(23)20-13-5-4-6-14(11-13)21-17(24)9-10-22-18(25)15-7-2-3-8-16(15)19(22)26/h2-6,11,15-16H,7-10H2,1H3,(H,20,23)(H,21,24)/t15-,16+. The average molecular weight is 355 g/mol. The Bertz CT molecular complexity index is 761. The van der Waals surface area contributed by atoms with E-state index in [4.69, 9.17) is 0 Å². The van der Waals surface area contributed by atoms with E-state index < -0.39 is 0 Å². The molecule has 0 spiro atoms. The highest BCUT2D eigenvalue weighted by Crippen LogP contribution is 2.35. The smallest absolute Gasteiger partial charge is 0.233 e. The number of rotatable bonds is 5. The predicted molar refractivity (Wildman–Crippen MR) is 96.1 cm³/mol. The van der Waals surface area contributed by atoms with Gasteiger partial charge in [0.05, 0.1) is 11.8 Å². The molecule has 0 unspecified atom stereocenters. The number of imide groups is 1. The number of anilines is 2. The number of carbonyl (C=O) groups excluding carboxylic acids is 4. The third-order valence-electron chi connectivity index (χ3n) is 4.63. The maximum Gasteiger partial charge on any atom is 0.233 e. The van der Waals surface area contributed by atoms with Crippen molar-refractivity contribution in [3.63, 3.8) is 0 Å². The van der Waals surface area contributed by atoms with Crippen molar-refractivity contribution >= 4 is 35.0 Å². The van der Waals surface area contributed by atoms with Crippen molar-refractivity contribution in [2.75, 3.05) is 17.2 Å². The molecule has 4 amide bonds. The maximum atomic E-state index is 12.4. The zero-order valence-electron chi connectivity index (χ0n) is 14.5. The van der Waals surface area contributed by atoms with E-state index in [1.807, 2.05) is 12.2 Å². The van der Waals surface area contributed by atoms with Crippen molar-refractivity contribution in [2.45, 2.75) is 26.2 Å². The summed E-state index contributed by atoms with van der Waals surface area (Å²) in [7, 11) is 0. The fourth-order valence-corrected chi connectivity index (χ4v) is 3.40. The molecule has 1 aliphatic carbocycles. The first-order chi connectivity index (χ1) is 12.5. The Morgan fingerprint density at radius 3 is 2.19 bits per heavy atom. The third kappa shape index (κ3) is 3.82. The summed E-state index contributed by atoms with van der Waals surface area (Å²) in [5.74, 6) is -1.39. The van der Waals surface area contributed by atoms with Gasteiger partial charge in [-0.15, -0.1) is 0 Å². The van der Waals surface area contributed by atoms with Gasteiger partial charge in [0.15, 0.2) is 0 Å². The largest absolute Gasteiger partial charge is 0.326 e. The molecular formula is C19H21N3O4. The van der Waals surface area contributed by atoms with E-state index in [1.165, 1.54) is 11.8 Å². The van der Waals surface area contributed by atoms with E-state index >= 15 is 0 Å². The lowest BCUT2D eigenvalue weighted by Gasteiger charge is -2.14. The number of allylic oxidation sites excluding steroid dienone is 2. The number of nitrogens with zero attached hydrogens (tertiary/aromatic N) is 1. The van der Waals surface area contributed by atoms with Crippen LogP contribution < -0.4 is 10.6 Å². The number of hydrogen-bond acceptors (Lipinski definition) is 4. The van der Waals surface area contributed by atoms with Crippen LogP contribution in [0.5, 0.6) is 0 Å². The Balaban J connectivity index is 1.55. The lowest BCUT2D eigenvalue weighted by molar-refractivity contribution is -0.140. The molecule has 0 radical (unpaired) electrons. The van der Waals surface area contributed by atoms with Gasteiger partial charge >= 0.3 is 0 Å². The highest BCUT2D eigenvalue weighted by Gasteiger charge is 2.46. The highest BCUT2D eigenvalue weighted by atomic mass is 16.2. The van der Waals surface area contributed by atoms with Crippen molar-refractivity contribution in [2.24, 2.45) is 11.8 Å². The van der Waals surface area contributed by atoms with Crippen LogP contribution in [0.1, 0.15) is 26.2 Å². The van der Waals surface area contributed by atoms with Gasteiger partial charge in [0.2, 0.25) is 23.6 Å². The first-order valence-electron chi connectivity index (χ1n) is 8.63. The van der Waals surface area contributed by atoms with Gasteiger partial charge in [-0.2, -0.15) is 0 Å². The SMILES string of the molecule is CC(=O)Nc1cccc(NC(=O)CCN2C(=O)[C@H]3CC=CC[C@H]3C2=O)c1. The van der Waals surface area contributed by atoms with Gasteiger partial charge in [-0.1, -0.05) is 18.2 Å². The number of nitrogens with one attached hydrogen (secondary N) is 2. The lowest BCUT2D eigenvalue weighted by Crippen LogP contribution is -2.34. The second-order valence-electron chi connectivity index (χ2n) is 6.54. The molecule has 26 heavy (non-hydrogen) atoms. The summed E-state index contributed by atoms with van der Waals surface area (Å²) in [5, 5.41) is 5.36. The fraction of sp³-hybridized carbons (Fsp3) is 0.368. The van der Waals surface area contributed by atoms with Crippen molar-refractivity contribution in [3.8, 4) is 0 Å². The van der Waals surface area contributed by atoms with E-state index in [0.29, 0.717) is 24.2 Å². The topological polar surface area (TPSA) is 95.6 Å². The summed E-state index contributed by atoms with van der Waals surface area (Å²) in [6, 6.07) is 6.78. The average Bonchev–Trinajstić information content (AvgIpc) is 2.84. The lowest BCUT2D eigenvalue weighted by atomic mass is 9.85. The van der Waals surface area contributed by atoms with Crippen LogP contribution in [0.4, 0.5) is 11.4 Å². The molecule has 1 heterocycles. The summed E-state index contributed by atoms with van der Waals surface area (Å²) >= 11 is 0. The van der Waals surface area contributed by atoms with Gasteiger partial charge in [0.25, 0.3) is 0 Å². The second kappa shape index (κ2) is 7.51. The summed E-state index contributed by atoms with van der Waals surface area (Å²) < 4.78 is 0. The molecule has 1 fully saturated rings. The predicted octanol–water partition coefficient (Wildman–Crippen LogP) is 1.92. The van der Waals surface area contributed by atoms with E-state index in [-0.39, 0.29) is 48.4 Å². The summed E-state index contributed by atoms with van der Waals surface area (Å²) in [6.45, 7) is 1.49. The van der Waals surface area contributed by atoms with Gasteiger partial charge in [-0.25, -0.2) is 0 Å². The molecule has 3 rings (SSSR count). The molecule has 1 saturated heterocycles. The molecular weight excluding hydrogens is 334 g/mol. The number of carbonyl (C=O) groups is 4. The molecule has 2 aliphatic rings. The molecule has 1 aromatic rings. The Kier molecular flexibility index (Phi) is 5.16. The van der Waals surface area contributed by atoms with Crippen molar-refractivity contribution in [1.82, 2.24) is 4.90 Å². The molecule has 1 aliphatic heterocycles. The van der Waals surface area contributed by atoms with Gasteiger partial charge in [0.1, 0.15) is 0 Å². The number of fused-ring (bicyclic) bond motifs is 1. The Labute approximate surface area is 151 Å². The van der Waals surface area contributed by atoms with Gasteiger partial charge in [-0.05, 0) is 31.0 Å². The number of hydrogen-bond donors (Lipinski definition) is 2. The van der Waals surface area contributed by atoms with Crippen LogP contribution in [0.3, 0.4) is 0 Å². The van der Waals surface area contributed by atoms with Crippen molar-refractivity contribution in [3.05, 3.63) is 36.4 Å². The van der Waals surface area contributed by atoms with Crippen LogP contribution in [0, 0.1) is 11.8 Å². The summed E-state index contributed by atoms with van der Waals surface area (Å²) in [5.41, 5.74) is 1.12. The van der Waals surface area contributed by atoms with Gasteiger partial charge in [0, 0.05) is 31.3 Å². The van der Waals surface area contributed by atoms with E-state index in [2.05, 4.69) is 10.6 Å². The van der Waals surface area contributed by atoms with Gasteiger partial charge in [-0.3, -0.25) is 24.1 Å². The molecule has 0 saturated carbocycles. The minimum atomic E-state index is -0.293. The third-order valence-corrected chi connectivity index (χ3v) is 4.63. The molecule has 7 nitrogen and oxygen atoms in total. The number of amides is 4. The van der Waals surface area contributed by atoms with Crippen molar-refractivity contribution < 1.29 is 19.2 Å². The number of likely N-dealkylation sites (tertiary alicyclic amines) is 1. The molecule has 7 heteroatoms. The zero-order chi connectivity index (χ0) is 18.7. The van der Waals surface area contributed by atoms with Crippen LogP contribution in [-0.2, 0) is 19.2 Å². The summed E-state index contributed by atoms with van der Waals surface area (Å²) in [6.07, 6.45) is 5.09. The van der Waals surface area contributed by atoms with E-state index in [0.717, 1.165) is 0 Å². The normalized spacial score (nSPS) is 21.5. The Hall–Kier alpha value is -2.96. The van der Waals surface area contributed by atoms with Crippen LogP contribution in [-0.4, -0.2) is 35.1 Å². The van der Waals surface area contributed by atoms with Crippen LogP contribution in [0.2, 0.25) is 0 Å². The Morgan fingerprint density at radius 1 is 1.04 bits per heavy atom. The molecule has 1 aromatic carbocycles. The quantitative estimate of drug-likeness (QED) is 0.623. The van der Waals surface area contributed by atoms with E-state index in [9.17, 15) is 19.2 Å². The van der Waals surface area contributed by atoms with Gasteiger partial charge < -0.3 is 10.6 Å². The minimum Gasteiger partial charge on any atom is -0.326 e. The zero-order valence-corrected chi connectivity index (χ0v) is 14.5.